The molecule has 0 spiro atoms. The Morgan fingerprint density at radius 2 is 1.96 bits per heavy atom. The molecule has 1 saturated carbocycles. The second-order valence-electron chi connectivity index (χ2n) is 7.90. The summed E-state index contributed by atoms with van der Waals surface area (Å²) in [5, 5.41) is 7.71. The minimum absolute atomic E-state index is 0. The first kappa shape index (κ1) is 23.4. The van der Waals surface area contributed by atoms with E-state index in [1.165, 1.54) is 32.1 Å². The third kappa shape index (κ3) is 5.83. The standard InChI is InChI=1S/C19H31N5O2.2ClH/c1-22-13-15(11-21-22)19-17(14-23-7-3-2-4-8-23)26-10-9-24(19)18(25)12-20-16-5-6-16;;/h11,13,16-17,19-20H,2-10,12,14H2,1H3;2*1H/t17-,19-;;/m0../s1. The van der Waals surface area contributed by atoms with Crippen molar-refractivity contribution in [1.82, 2.24) is 24.9 Å². The first-order valence-electron chi connectivity index (χ1n) is 10.1. The smallest absolute Gasteiger partial charge is 0.237 e. The molecule has 3 fully saturated rings. The molecule has 28 heavy (non-hydrogen) atoms. The van der Waals surface area contributed by atoms with E-state index in [4.69, 9.17) is 4.74 Å². The number of carbonyl (C=O) groups excluding carboxylic acids is 1. The van der Waals surface area contributed by atoms with Crippen molar-refractivity contribution in [2.75, 3.05) is 39.3 Å². The number of likely N-dealkylation sites (tertiary alicyclic amines) is 1. The Labute approximate surface area is 180 Å². The number of hydrogen-bond donors (Lipinski definition) is 1. The van der Waals surface area contributed by atoms with E-state index in [9.17, 15) is 4.79 Å². The van der Waals surface area contributed by atoms with Crippen LogP contribution < -0.4 is 5.32 Å². The zero-order valence-electron chi connectivity index (χ0n) is 16.6. The lowest BCUT2D eigenvalue weighted by Gasteiger charge is -2.43. The predicted octanol–water partition coefficient (Wildman–Crippen LogP) is 1.77. The molecule has 1 aliphatic carbocycles. The minimum Gasteiger partial charge on any atom is -0.373 e. The zero-order chi connectivity index (χ0) is 17.9. The van der Waals surface area contributed by atoms with E-state index < -0.39 is 0 Å². The summed E-state index contributed by atoms with van der Waals surface area (Å²) in [6.07, 6.45) is 10.2. The van der Waals surface area contributed by atoms with E-state index in [2.05, 4.69) is 15.3 Å². The summed E-state index contributed by atoms with van der Waals surface area (Å²) in [4.78, 5) is 17.4. The Bertz CT molecular complexity index is 619. The van der Waals surface area contributed by atoms with Crippen LogP contribution in [0.3, 0.4) is 0 Å². The maximum Gasteiger partial charge on any atom is 0.237 e. The number of morpholine rings is 1. The van der Waals surface area contributed by atoms with Gasteiger partial charge in [0, 0.05) is 37.9 Å². The van der Waals surface area contributed by atoms with Crippen LogP contribution in [-0.2, 0) is 16.6 Å². The molecular weight excluding hydrogens is 401 g/mol. The number of nitrogens with zero attached hydrogens (tertiary/aromatic N) is 4. The lowest BCUT2D eigenvalue weighted by Crippen LogP contribution is -2.54. The van der Waals surface area contributed by atoms with E-state index in [0.29, 0.717) is 25.7 Å². The molecule has 2 saturated heterocycles. The fraction of sp³-hybridized carbons (Fsp3) is 0.789. The van der Waals surface area contributed by atoms with Gasteiger partial charge in [0.15, 0.2) is 0 Å². The van der Waals surface area contributed by atoms with Gasteiger partial charge in [-0.1, -0.05) is 6.42 Å². The van der Waals surface area contributed by atoms with Gasteiger partial charge < -0.3 is 19.9 Å². The third-order valence-electron chi connectivity index (χ3n) is 5.74. The van der Waals surface area contributed by atoms with Crippen LogP contribution in [0.25, 0.3) is 0 Å². The molecule has 4 rings (SSSR count). The van der Waals surface area contributed by atoms with Crippen molar-refractivity contribution >= 4 is 30.7 Å². The van der Waals surface area contributed by atoms with Crippen molar-refractivity contribution in [2.24, 2.45) is 7.05 Å². The van der Waals surface area contributed by atoms with Crippen LogP contribution in [0.5, 0.6) is 0 Å². The van der Waals surface area contributed by atoms with Gasteiger partial charge in [0.1, 0.15) is 0 Å². The summed E-state index contributed by atoms with van der Waals surface area (Å²) in [7, 11) is 1.92. The first-order chi connectivity index (χ1) is 12.7. The fourth-order valence-corrected chi connectivity index (χ4v) is 4.17. The summed E-state index contributed by atoms with van der Waals surface area (Å²) >= 11 is 0. The SMILES string of the molecule is Cl.Cl.Cn1cc([C@H]2[C@H](CN3CCCCC3)OCCN2C(=O)CNC2CC2)cn1. The Balaban J connectivity index is 0.00000140. The molecule has 7 nitrogen and oxygen atoms in total. The number of halogens is 2. The number of amides is 1. The average molecular weight is 434 g/mol. The highest BCUT2D eigenvalue weighted by atomic mass is 35.5. The molecular formula is C19H33Cl2N5O2. The van der Waals surface area contributed by atoms with Gasteiger partial charge >= 0.3 is 0 Å². The number of aromatic nitrogens is 2. The van der Waals surface area contributed by atoms with Crippen LogP contribution in [0, 0.1) is 0 Å². The third-order valence-corrected chi connectivity index (χ3v) is 5.74. The lowest BCUT2D eigenvalue weighted by molar-refractivity contribution is -0.147. The highest BCUT2D eigenvalue weighted by Crippen LogP contribution is 2.31. The van der Waals surface area contributed by atoms with Gasteiger partial charge in [0.05, 0.1) is 31.5 Å². The monoisotopic (exact) mass is 433 g/mol. The topological polar surface area (TPSA) is 62.6 Å². The molecule has 0 radical (unpaired) electrons. The van der Waals surface area contributed by atoms with Gasteiger partial charge in [-0.25, -0.2) is 0 Å². The van der Waals surface area contributed by atoms with Crippen LogP contribution in [-0.4, -0.2) is 77.0 Å². The second kappa shape index (κ2) is 10.8. The molecule has 0 unspecified atom stereocenters. The van der Waals surface area contributed by atoms with Crippen LogP contribution in [0.4, 0.5) is 0 Å². The van der Waals surface area contributed by atoms with Crippen molar-refractivity contribution in [1.29, 1.82) is 0 Å². The van der Waals surface area contributed by atoms with Crippen LogP contribution in [0.15, 0.2) is 12.4 Å². The molecule has 1 N–H and O–H groups in total. The lowest BCUT2D eigenvalue weighted by atomic mass is 9.99. The molecule has 3 heterocycles. The van der Waals surface area contributed by atoms with Crippen molar-refractivity contribution in [3.63, 3.8) is 0 Å². The molecule has 1 amide bonds. The molecule has 9 heteroatoms. The largest absolute Gasteiger partial charge is 0.373 e. The summed E-state index contributed by atoms with van der Waals surface area (Å²) < 4.78 is 7.99. The number of rotatable bonds is 6. The summed E-state index contributed by atoms with van der Waals surface area (Å²) in [5.74, 6) is 0.178. The number of piperidine rings is 1. The van der Waals surface area contributed by atoms with Gasteiger partial charge in [-0.2, -0.15) is 5.10 Å². The van der Waals surface area contributed by atoms with Crippen molar-refractivity contribution in [3.8, 4) is 0 Å². The molecule has 2 aliphatic heterocycles. The highest BCUT2D eigenvalue weighted by molar-refractivity contribution is 5.85. The number of ether oxygens (including phenoxy) is 1. The zero-order valence-corrected chi connectivity index (χ0v) is 18.2. The highest BCUT2D eigenvalue weighted by Gasteiger charge is 2.38. The number of aryl methyl sites for hydroxylation is 1. The van der Waals surface area contributed by atoms with E-state index in [-0.39, 0.29) is 42.9 Å². The number of carbonyl (C=O) groups is 1. The molecule has 2 atom stereocenters. The van der Waals surface area contributed by atoms with E-state index in [1.54, 1.807) is 0 Å². The average Bonchev–Trinajstić information content (AvgIpc) is 3.40. The van der Waals surface area contributed by atoms with Gasteiger partial charge in [0.25, 0.3) is 0 Å². The predicted molar refractivity (Wildman–Crippen MR) is 113 cm³/mol. The maximum atomic E-state index is 12.9. The maximum absolute atomic E-state index is 12.9. The Morgan fingerprint density at radius 3 is 2.61 bits per heavy atom. The van der Waals surface area contributed by atoms with Crippen LogP contribution in [0.2, 0.25) is 0 Å². The normalized spacial score (nSPS) is 25.7. The summed E-state index contributed by atoms with van der Waals surface area (Å²) in [6, 6.07) is 0.494. The Hall–Kier alpha value is -0.860. The van der Waals surface area contributed by atoms with Gasteiger partial charge in [-0.3, -0.25) is 9.48 Å². The molecule has 1 aromatic rings. The van der Waals surface area contributed by atoms with Gasteiger partial charge in [-0.15, -0.1) is 24.8 Å². The minimum atomic E-state index is -0.0483. The molecule has 0 bridgehead atoms. The number of nitrogens with one attached hydrogen (secondary N) is 1. The molecule has 3 aliphatic rings. The Morgan fingerprint density at radius 1 is 1.21 bits per heavy atom. The van der Waals surface area contributed by atoms with Crippen LogP contribution in [0.1, 0.15) is 43.7 Å². The van der Waals surface area contributed by atoms with Crippen molar-refractivity contribution in [3.05, 3.63) is 18.0 Å². The van der Waals surface area contributed by atoms with Gasteiger partial charge in [0.2, 0.25) is 5.91 Å². The molecule has 1 aromatic heterocycles. The van der Waals surface area contributed by atoms with Crippen molar-refractivity contribution < 1.29 is 9.53 Å². The van der Waals surface area contributed by atoms with Crippen molar-refractivity contribution in [2.45, 2.75) is 50.3 Å². The number of hydrogen-bond acceptors (Lipinski definition) is 5. The van der Waals surface area contributed by atoms with Gasteiger partial charge in [-0.05, 0) is 38.8 Å². The fourth-order valence-electron chi connectivity index (χ4n) is 4.17. The quantitative estimate of drug-likeness (QED) is 0.740. The summed E-state index contributed by atoms with van der Waals surface area (Å²) in [5.41, 5.74) is 1.08. The van der Waals surface area contributed by atoms with Crippen LogP contribution >= 0.6 is 24.8 Å². The molecule has 160 valence electrons. The van der Waals surface area contributed by atoms with E-state index in [0.717, 1.165) is 25.2 Å². The first-order valence-corrected chi connectivity index (χ1v) is 10.1. The van der Waals surface area contributed by atoms with E-state index in [1.807, 2.05) is 29.0 Å². The summed E-state index contributed by atoms with van der Waals surface area (Å²) in [6.45, 7) is 4.86. The second-order valence-corrected chi connectivity index (χ2v) is 7.90. The molecule has 0 aromatic carbocycles. The Kier molecular flexibility index (Phi) is 9.02. The van der Waals surface area contributed by atoms with E-state index >= 15 is 0 Å².